The zero-order valence-corrected chi connectivity index (χ0v) is 19.3. The SMILES string of the molecule is CC1=C(CC/C(C)=C/Cc2cc(C(=O)O)ccc2O)[C@]2(C)CCCC(C)(C)[C@H]2CC1. The van der Waals surface area contributed by atoms with Gasteiger partial charge in [-0.1, -0.05) is 50.0 Å². The molecule has 1 fully saturated rings. The van der Waals surface area contributed by atoms with E-state index < -0.39 is 5.97 Å². The number of carboxylic acid groups (broad SMARTS) is 1. The van der Waals surface area contributed by atoms with Crippen LogP contribution in [0.1, 0.15) is 95.5 Å². The summed E-state index contributed by atoms with van der Waals surface area (Å²) in [6.45, 7) is 12.0. The Labute approximate surface area is 181 Å². The van der Waals surface area contributed by atoms with Gasteiger partial charge in [-0.3, -0.25) is 0 Å². The topological polar surface area (TPSA) is 57.5 Å². The van der Waals surface area contributed by atoms with Gasteiger partial charge >= 0.3 is 5.97 Å². The van der Waals surface area contributed by atoms with Gasteiger partial charge in [0.2, 0.25) is 0 Å². The van der Waals surface area contributed by atoms with Crippen molar-refractivity contribution in [2.45, 2.75) is 86.0 Å². The first kappa shape index (κ1) is 22.7. The summed E-state index contributed by atoms with van der Waals surface area (Å²) in [5.41, 5.74) is 6.24. The summed E-state index contributed by atoms with van der Waals surface area (Å²) < 4.78 is 0. The maximum atomic E-state index is 11.2. The van der Waals surface area contributed by atoms with Crippen LogP contribution >= 0.6 is 0 Å². The summed E-state index contributed by atoms with van der Waals surface area (Å²) in [6.07, 6.45) is 11.4. The van der Waals surface area contributed by atoms with Crippen LogP contribution in [0.4, 0.5) is 0 Å². The van der Waals surface area contributed by atoms with Crippen LogP contribution in [-0.4, -0.2) is 16.2 Å². The van der Waals surface area contributed by atoms with Gasteiger partial charge in [-0.15, -0.1) is 0 Å². The molecule has 164 valence electrons. The third-order valence-corrected chi connectivity index (χ3v) is 8.01. The fraction of sp³-hybridized carbons (Fsp3) is 0.593. The van der Waals surface area contributed by atoms with Crippen molar-refractivity contribution in [1.29, 1.82) is 0 Å². The van der Waals surface area contributed by atoms with Crippen molar-refractivity contribution < 1.29 is 15.0 Å². The van der Waals surface area contributed by atoms with Crippen molar-refractivity contribution in [2.75, 3.05) is 0 Å². The highest BCUT2D eigenvalue weighted by Crippen LogP contribution is 2.60. The van der Waals surface area contributed by atoms with Crippen LogP contribution < -0.4 is 0 Å². The summed E-state index contributed by atoms with van der Waals surface area (Å²) in [5.74, 6) is -0.0259. The molecule has 0 aromatic heterocycles. The number of rotatable bonds is 6. The highest BCUT2D eigenvalue weighted by atomic mass is 16.4. The largest absolute Gasteiger partial charge is 0.508 e. The maximum Gasteiger partial charge on any atom is 0.335 e. The van der Waals surface area contributed by atoms with E-state index in [1.807, 2.05) is 0 Å². The lowest BCUT2D eigenvalue weighted by atomic mass is 9.50. The van der Waals surface area contributed by atoms with Gasteiger partial charge in [0.1, 0.15) is 5.75 Å². The summed E-state index contributed by atoms with van der Waals surface area (Å²) in [5, 5.41) is 19.3. The number of phenols is 1. The second-order valence-corrected chi connectivity index (χ2v) is 10.5. The average molecular weight is 411 g/mol. The lowest BCUT2D eigenvalue weighted by Gasteiger charge is -2.55. The van der Waals surface area contributed by atoms with Gasteiger partial charge in [0, 0.05) is 0 Å². The number of allylic oxidation sites excluding steroid dienone is 4. The van der Waals surface area contributed by atoms with Crippen molar-refractivity contribution in [3.05, 3.63) is 52.1 Å². The predicted octanol–water partition coefficient (Wildman–Crippen LogP) is 7.30. The zero-order valence-electron chi connectivity index (χ0n) is 19.3. The first-order valence-corrected chi connectivity index (χ1v) is 11.4. The molecule has 1 aromatic rings. The molecule has 2 atom stereocenters. The number of fused-ring (bicyclic) bond motifs is 1. The van der Waals surface area contributed by atoms with E-state index in [4.69, 9.17) is 0 Å². The molecule has 0 heterocycles. The summed E-state index contributed by atoms with van der Waals surface area (Å²) in [4.78, 5) is 11.2. The predicted molar refractivity (Wildman–Crippen MR) is 123 cm³/mol. The van der Waals surface area contributed by atoms with Crippen LogP contribution in [0.25, 0.3) is 0 Å². The monoisotopic (exact) mass is 410 g/mol. The van der Waals surface area contributed by atoms with Gasteiger partial charge in [-0.25, -0.2) is 4.79 Å². The number of hydrogen-bond acceptors (Lipinski definition) is 2. The van der Waals surface area contributed by atoms with Crippen LogP contribution in [0.3, 0.4) is 0 Å². The van der Waals surface area contributed by atoms with Crippen molar-refractivity contribution in [3.8, 4) is 5.75 Å². The molecular formula is C27H38O3. The molecule has 0 saturated heterocycles. The van der Waals surface area contributed by atoms with E-state index >= 15 is 0 Å². The molecule has 3 rings (SSSR count). The Hall–Kier alpha value is -2.03. The van der Waals surface area contributed by atoms with Crippen LogP contribution in [-0.2, 0) is 6.42 Å². The van der Waals surface area contributed by atoms with Gasteiger partial charge in [0.25, 0.3) is 0 Å². The molecule has 1 saturated carbocycles. The minimum Gasteiger partial charge on any atom is -0.508 e. The number of aromatic hydroxyl groups is 1. The molecule has 0 bridgehead atoms. The number of aromatic carboxylic acids is 1. The van der Waals surface area contributed by atoms with Crippen molar-refractivity contribution in [3.63, 3.8) is 0 Å². The van der Waals surface area contributed by atoms with Crippen molar-refractivity contribution in [1.82, 2.24) is 0 Å². The normalized spacial score (nSPS) is 26.4. The van der Waals surface area contributed by atoms with Gasteiger partial charge < -0.3 is 10.2 Å². The van der Waals surface area contributed by atoms with Crippen LogP contribution in [0.15, 0.2) is 41.0 Å². The molecule has 0 aliphatic heterocycles. The van der Waals surface area contributed by atoms with Crippen molar-refractivity contribution >= 4 is 5.97 Å². The molecule has 0 unspecified atom stereocenters. The number of benzene rings is 1. The fourth-order valence-electron chi connectivity index (χ4n) is 6.28. The maximum absolute atomic E-state index is 11.2. The molecule has 3 heteroatoms. The van der Waals surface area contributed by atoms with E-state index in [0.29, 0.717) is 22.8 Å². The highest BCUT2D eigenvalue weighted by molar-refractivity contribution is 5.88. The lowest BCUT2D eigenvalue weighted by Crippen LogP contribution is -2.45. The second kappa shape index (κ2) is 8.61. The van der Waals surface area contributed by atoms with Gasteiger partial charge in [-0.05, 0) is 99.3 Å². The van der Waals surface area contributed by atoms with Crippen molar-refractivity contribution in [2.24, 2.45) is 16.7 Å². The van der Waals surface area contributed by atoms with Gasteiger partial charge in [0.15, 0.2) is 0 Å². The van der Waals surface area contributed by atoms with E-state index in [9.17, 15) is 15.0 Å². The molecule has 2 aliphatic rings. The highest BCUT2D eigenvalue weighted by Gasteiger charge is 2.49. The first-order valence-electron chi connectivity index (χ1n) is 11.4. The van der Waals surface area contributed by atoms with Crippen LogP contribution in [0, 0.1) is 16.7 Å². The van der Waals surface area contributed by atoms with E-state index in [0.717, 1.165) is 18.8 Å². The molecule has 2 N–H and O–H groups in total. The molecule has 1 aromatic carbocycles. The Kier molecular flexibility index (Phi) is 6.50. The first-order chi connectivity index (χ1) is 14.0. The zero-order chi connectivity index (χ0) is 22.1. The van der Waals surface area contributed by atoms with Crippen LogP contribution in [0.2, 0.25) is 0 Å². The van der Waals surface area contributed by atoms with E-state index in [1.54, 1.807) is 17.2 Å². The molecule has 0 spiro atoms. The number of hydrogen-bond donors (Lipinski definition) is 2. The van der Waals surface area contributed by atoms with E-state index in [2.05, 4.69) is 40.7 Å². The minimum absolute atomic E-state index is 0.162. The molecule has 0 radical (unpaired) electrons. The van der Waals surface area contributed by atoms with Gasteiger partial charge in [-0.2, -0.15) is 0 Å². The fourth-order valence-corrected chi connectivity index (χ4v) is 6.28. The molecule has 30 heavy (non-hydrogen) atoms. The van der Waals surface area contributed by atoms with Gasteiger partial charge in [0.05, 0.1) is 5.56 Å². The number of carbonyl (C=O) groups is 1. The molecular weight excluding hydrogens is 372 g/mol. The summed E-state index contributed by atoms with van der Waals surface area (Å²) in [7, 11) is 0. The van der Waals surface area contributed by atoms with E-state index in [-0.39, 0.29) is 11.3 Å². The molecule has 0 amide bonds. The lowest BCUT2D eigenvalue weighted by molar-refractivity contribution is 0.0105. The molecule has 2 aliphatic carbocycles. The third-order valence-electron chi connectivity index (χ3n) is 8.01. The Bertz CT molecular complexity index is 874. The smallest absolute Gasteiger partial charge is 0.335 e. The quantitative estimate of drug-likeness (QED) is 0.484. The second-order valence-electron chi connectivity index (χ2n) is 10.5. The Morgan fingerprint density at radius 3 is 2.67 bits per heavy atom. The summed E-state index contributed by atoms with van der Waals surface area (Å²) in [6, 6.07) is 4.49. The number of phenolic OH excluding ortho intramolecular Hbond substituents is 1. The van der Waals surface area contributed by atoms with E-state index in [1.165, 1.54) is 49.8 Å². The number of carboxylic acids is 1. The Morgan fingerprint density at radius 2 is 1.97 bits per heavy atom. The van der Waals surface area contributed by atoms with Crippen LogP contribution in [0.5, 0.6) is 5.75 Å². The third kappa shape index (κ3) is 4.50. The Balaban J connectivity index is 1.71. The Morgan fingerprint density at radius 1 is 1.23 bits per heavy atom. The average Bonchev–Trinajstić information content (AvgIpc) is 2.65. The molecule has 3 nitrogen and oxygen atoms in total. The standard InChI is InChI=1S/C27H38O3/c1-18(7-10-20-17-21(25(29)30)11-13-23(20)28)8-12-22-19(2)9-14-24-26(3,4)15-6-16-27(22,24)5/h7,11,13,17,24,28H,6,8-10,12,14-16H2,1-5H3,(H,29,30)/b18-7+/t24-,27+/m1/s1. The minimum atomic E-state index is -0.963. The summed E-state index contributed by atoms with van der Waals surface area (Å²) >= 11 is 0.